The van der Waals surface area contributed by atoms with E-state index in [4.69, 9.17) is 0 Å². The third-order valence-corrected chi connectivity index (χ3v) is 2.85. The Kier molecular flexibility index (Phi) is 4.45. The summed E-state index contributed by atoms with van der Waals surface area (Å²) in [5, 5.41) is 3.29. The number of pyridine rings is 1. The minimum Gasteiger partial charge on any atom is -0.369 e. The van der Waals surface area contributed by atoms with Gasteiger partial charge in [-0.3, -0.25) is 0 Å². The molecule has 0 saturated carbocycles. The Bertz CT molecular complexity index is 287. The quantitative estimate of drug-likeness (QED) is 0.795. The van der Waals surface area contributed by atoms with Gasteiger partial charge in [0, 0.05) is 18.5 Å². The molecule has 1 aromatic rings. The zero-order valence-corrected chi connectivity index (χ0v) is 10.8. The van der Waals surface area contributed by atoms with Gasteiger partial charge in [0.15, 0.2) is 0 Å². The molecule has 1 heterocycles. The molecule has 1 rings (SSSR count). The lowest BCUT2D eigenvalue weighted by Crippen LogP contribution is -2.12. The highest BCUT2D eigenvalue weighted by Gasteiger charge is 2.13. The molecule has 1 N–H and O–H groups in total. The number of hydrogen-bond acceptors (Lipinski definition) is 3. The lowest BCUT2D eigenvalue weighted by Gasteiger charge is -2.18. The van der Waals surface area contributed by atoms with Crippen LogP contribution in [0.4, 0.5) is 5.82 Å². The van der Waals surface area contributed by atoms with Crippen LogP contribution >= 0.6 is 11.8 Å². The first-order valence-corrected chi connectivity index (χ1v) is 6.63. The summed E-state index contributed by atoms with van der Waals surface area (Å²) in [5.74, 6) is 2.08. The maximum absolute atomic E-state index is 4.40. The Balaban J connectivity index is 2.57. The molecule has 0 bridgehead atoms. The predicted octanol–water partition coefficient (Wildman–Crippen LogP) is 3.15. The minimum atomic E-state index is 0.185. The fourth-order valence-electron chi connectivity index (χ4n) is 1.22. The zero-order chi connectivity index (χ0) is 11.3. The lowest BCUT2D eigenvalue weighted by molar-refractivity contribution is 0.587. The van der Waals surface area contributed by atoms with Crippen molar-refractivity contribution in [1.29, 1.82) is 0 Å². The van der Waals surface area contributed by atoms with E-state index >= 15 is 0 Å². The van der Waals surface area contributed by atoms with Gasteiger partial charge >= 0.3 is 0 Å². The normalized spacial score (nSPS) is 11.5. The van der Waals surface area contributed by atoms with Gasteiger partial charge in [-0.05, 0) is 23.3 Å². The lowest BCUT2D eigenvalue weighted by atomic mass is 9.88. The number of aromatic nitrogens is 1. The van der Waals surface area contributed by atoms with Gasteiger partial charge < -0.3 is 5.32 Å². The van der Waals surface area contributed by atoms with Gasteiger partial charge in [-0.15, -0.1) is 0 Å². The second-order valence-corrected chi connectivity index (χ2v) is 5.59. The van der Waals surface area contributed by atoms with Crippen LogP contribution < -0.4 is 5.32 Å². The number of nitrogens with zero attached hydrogens (tertiary/aromatic N) is 1. The van der Waals surface area contributed by atoms with Crippen molar-refractivity contribution in [3.05, 3.63) is 23.9 Å². The predicted molar refractivity (Wildman–Crippen MR) is 69.8 cm³/mol. The maximum atomic E-state index is 4.40. The van der Waals surface area contributed by atoms with Crippen molar-refractivity contribution in [1.82, 2.24) is 4.98 Å². The molecular formula is C12H20N2S. The largest absolute Gasteiger partial charge is 0.369 e. The molecule has 1 aromatic heterocycles. The molecule has 15 heavy (non-hydrogen) atoms. The number of rotatable bonds is 4. The summed E-state index contributed by atoms with van der Waals surface area (Å²) in [5.41, 5.74) is 1.46. The van der Waals surface area contributed by atoms with Crippen LogP contribution in [0.1, 0.15) is 26.3 Å². The van der Waals surface area contributed by atoms with Crippen LogP contribution in [-0.4, -0.2) is 23.5 Å². The highest BCUT2D eigenvalue weighted by Crippen LogP contribution is 2.21. The fourth-order valence-corrected chi connectivity index (χ4v) is 1.53. The van der Waals surface area contributed by atoms with E-state index in [1.807, 2.05) is 18.0 Å². The van der Waals surface area contributed by atoms with Gasteiger partial charge in [0.1, 0.15) is 5.82 Å². The van der Waals surface area contributed by atoms with Crippen LogP contribution in [0.2, 0.25) is 0 Å². The van der Waals surface area contributed by atoms with Crippen LogP contribution in [0.3, 0.4) is 0 Å². The van der Waals surface area contributed by atoms with Gasteiger partial charge in [-0.25, -0.2) is 4.98 Å². The molecule has 0 radical (unpaired) electrons. The first-order valence-electron chi connectivity index (χ1n) is 5.23. The Morgan fingerprint density at radius 2 is 2.07 bits per heavy atom. The molecule has 0 aliphatic heterocycles. The van der Waals surface area contributed by atoms with E-state index in [2.05, 4.69) is 49.5 Å². The number of nitrogens with one attached hydrogen (secondary N) is 1. The summed E-state index contributed by atoms with van der Waals surface area (Å²) in [6, 6.07) is 4.20. The third kappa shape index (κ3) is 4.12. The summed E-state index contributed by atoms with van der Waals surface area (Å²) < 4.78 is 0. The summed E-state index contributed by atoms with van der Waals surface area (Å²) in [6.45, 7) is 7.57. The molecule has 0 aliphatic carbocycles. The van der Waals surface area contributed by atoms with Gasteiger partial charge in [0.2, 0.25) is 0 Å². The summed E-state index contributed by atoms with van der Waals surface area (Å²) >= 11 is 1.84. The molecule has 0 fully saturated rings. The van der Waals surface area contributed by atoms with E-state index in [9.17, 15) is 0 Å². The smallest absolute Gasteiger partial charge is 0.125 e. The van der Waals surface area contributed by atoms with Crippen molar-refractivity contribution >= 4 is 17.6 Å². The first-order chi connectivity index (χ1) is 7.04. The average molecular weight is 224 g/mol. The minimum absolute atomic E-state index is 0.185. The number of hydrogen-bond donors (Lipinski definition) is 1. The van der Waals surface area contributed by atoms with Crippen molar-refractivity contribution in [3.63, 3.8) is 0 Å². The summed E-state index contributed by atoms with van der Waals surface area (Å²) in [4.78, 5) is 4.40. The van der Waals surface area contributed by atoms with E-state index in [0.717, 1.165) is 18.1 Å². The molecule has 84 valence electrons. The highest BCUT2D eigenvalue weighted by atomic mass is 32.2. The SMILES string of the molecule is CSCCNc1ccc(C(C)(C)C)cn1. The standard InChI is InChI=1S/C12H20N2S/c1-12(2,3)10-5-6-11(14-9-10)13-7-8-15-4/h5-6,9H,7-8H2,1-4H3,(H,13,14). The van der Waals surface area contributed by atoms with Crippen LogP contribution in [-0.2, 0) is 5.41 Å². The highest BCUT2D eigenvalue weighted by molar-refractivity contribution is 7.98. The third-order valence-electron chi connectivity index (χ3n) is 2.24. The van der Waals surface area contributed by atoms with Gasteiger partial charge in [-0.2, -0.15) is 11.8 Å². The van der Waals surface area contributed by atoms with E-state index in [1.54, 1.807) is 0 Å². The van der Waals surface area contributed by atoms with Gasteiger partial charge in [-0.1, -0.05) is 26.8 Å². The fraction of sp³-hybridized carbons (Fsp3) is 0.583. The number of thioether (sulfide) groups is 1. The molecule has 3 heteroatoms. The van der Waals surface area contributed by atoms with Crippen molar-refractivity contribution in [2.24, 2.45) is 0 Å². The summed E-state index contributed by atoms with van der Waals surface area (Å²) in [7, 11) is 0. The van der Waals surface area contributed by atoms with E-state index in [0.29, 0.717) is 0 Å². The molecule has 0 unspecified atom stereocenters. The molecular weight excluding hydrogens is 204 g/mol. The second kappa shape index (κ2) is 5.40. The first kappa shape index (κ1) is 12.4. The van der Waals surface area contributed by atoms with Crippen molar-refractivity contribution < 1.29 is 0 Å². The molecule has 0 atom stereocenters. The van der Waals surface area contributed by atoms with E-state index < -0.39 is 0 Å². The molecule has 0 aliphatic rings. The van der Waals surface area contributed by atoms with Gasteiger partial charge in [0.05, 0.1) is 0 Å². The van der Waals surface area contributed by atoms with Crippen LogP contribution in [0, 0.1) is 0 Å². The average Bonchev–Trinajstić information content (AvgIpc) is 2.18. The molecule has 0 spiro atoms. The van der Waals surface area contributed by atoms with Crippen molar-refractivity contribution in [2.75, 3.05) is 23.9 Å². The van der Waals surface area contributed by atoms with E-state index in [-0.39, 0.29) is 5.41 Å². The Hall–Kier alpha value is -0.700. The Morgan fingerprint density at radius 3 is 2.53 bits per heavy atom. The Morgan fingerprint density at radius 1 is 1.33 bits per heavy atom. The van der Waals surface area contributed by atoms with Crippen LogP contribution in [0.25, 0.3) is 0 Å². The summed E-state index contributed by atoms with van der Waals surface area (Å²) in [6.07, 6.45) is 4.07. The molecule has 0 amide bonds. The van der Waals surface area contributed by atoms with Gasteiger partial charge in [0.25, 0.3) is 0 Å². The molecule has 2 nitrogen and oxygen atoms in total. The van der Waals surface area contributed by atoms with Crippen LogP contribution in [0.15, 0.2) is 18.3 Å². The second-order valence-electron chi connectivity index (χ2n) is 4.60. The van der Waals surface area contributed by atoms with Crippen molar-refractivity contribution in [3.8, 4) is 0 Å². The zero-order valence-electron chi connectivity index (χ0n) is 10.0. The molecule has 0 saturated heterocycles. The maximum Gasteiger partial charge on any atom is 0.125 e. The number of anilines is 1. The van der Waals surface area contributed by atoms with Crippen LogP contribution in [0.5, 0.6) is 0 Å². The monoisotopic (exact) mass is 224 g/mol. The van der Waals surface area contributed by atoms with E-state index in [1.165, 1.54) is 5.56 Å². The molecule has 0 aromatic carbocycles. The Labute approximate surface area is 96.9 Å². The van der Waals surface area contributed by atoms with Crippen molar-refractivity contribution in [2.45, 2.75) is 26.2 Å². The topological polar surface area (TPSA) is 24.9 Å².